The van der Waals surface area contributed by atoms with Crippen LogP contribution < -0.4 is 4.74 Å². The number of aliphatic imine (C=N–C) groups is 1. The summed E-state index contributed by atoms with van der Waals surface area (Å²) in [6.07, 6.45) is 3.88. The molecule has 1 aromatic heterocycles. The Morgan fingerprint density at radius 3 is 2.48 bits per heavy atom. The van der Waals surface area contributed by atoms with E-state index in [9.17, 15) is 0 Å². The van der Waals surface area contributed by atoms with E-state index in [1.165, 1.54) is 0 Å². The SMILES string of the molecule is COc1ccccc1N=Cc1cccn1-c1ccccc1. The minimum absolute atomic E-state index is 0.770. The topological polar surface area (TPSA) is 26.5 Å². The molecule has 1 heterocycles. The second kappa shape index (κ2) is 6.09. The normalized spacial score (nSPS) is 10.9. The Balaban J connectivity index is 1.93. The molecule has 0 aliphatic carbocycles. The summed E-state index contributed by atoms with van der Waals surface area (Å²) in [6, 6.07) is 22.0. The molecular weight excluding hydrogens is 260 g/mol. The van der Waals surface area contributed by atoms with Crippen molar-refractivity contribution >= 4 is 11.9 Å². The summed E-state index contributed by atoms with van der Waals surface area (Å²) in [5.41, 5.74) is 2.96. The molecule has 0 N–H and O–H groups in total. The fourth-order valence-corrected chi connectivity index (χ4v) is 2.20. The molecule has 3 nitrogen and oxygen atoms in total. The molecule has 0 radical (unpaired) electrons. The Kier molecular flexibility index (Phi) is 3.83. The van der Waals surface area contributed by atoms with Crippen molar-refractivity contribution in [2.45, 2.75) is 0 Å². The van der Waals surface area contributed by atoms with Gasteiger partial charge in [0.2, 0.25) is 0 Å². The van der Waals surface area contributed by atoms with Crippen molar-refractivity contribution in [2.24, 2.45) is 4.99 Å². The van der Waals surface area contributed by atoms with Gasteiger partial charge in [-0.3, -0.25) is 4.99 Å². The standard InChI is InChI=1S/C18H16N2O/c1-21-18-12-6-5-11-17(18)19-14-16-10-7-13-20(16)15-8-3-2-4-9-15/h2-14H,1H3. The van der Waals surface area contributed by atoms with E-state index >= 15 is 0 Å². The molecule has 0 aliphatic rings. The molecule has 0 bridgehead atoms. The molecule has 3 heteroatoms. The second-order valence-corrected chi connectivity index (χ2v) is 4.57. The van der Waals surface area contributed by atoms with Gasteiger partial charge in [-0.25, -0.2) is 0 Å². The molecule has 0 fully saturated rings. The van der Waals surface area contributed by atoms with Crippen molar-refractivity contribution in [3.05, 3.63) is 78.6 Å². The van der Waals surface area contributed by atoms with Crippen molar-refractivity contribution in [2.75, 3.05) is 7.11 Å². The van der Waals surface area contributed by atoms with Gasteiger partial charge >= 0.3 is 0 Å². The highest BCUT2D eigenvalue weighted by Crippen LogP contribution is 2.26. The largest absolute Gasteiger partial charge is 0.494 e. The van der Waals surface area contributed by atoms with Crippen molar-refractivity contribution in [3.8, 4) is 11.4 Å². The van der Waals surface area contributed by atoms with Gasteiger partial charge in [0, 0.05) is 11.9 Å². The van der Waals surface area contributed by atoms with E-state index in [1.807, 2.05) is 67.0 Å². The van der Waals surface area contributed by atoms with E-state index in [0.717, 1.165) is 22.8 Å². The Morgan fingerprint density at radius 2 is 1.67 bits per heavy atom. The zero-order valence-corrected chi connectivity index (χ0v) is 11.8. The number of rotatable bonds is 4. The number of methoxy groups -OCH3 is 1. The Labute approximate surface area is 124 Å². The predicted octanol–water partition coefficient (Wildman–Crippen LogP) is 4.24. The van der Waals surface area contributed by atoms with Crippen LogP contribution in [0.4, 0.5) is 5.69 Å². The van der Waals surface area contributed by atoms with Crippen LogP contribution in [-0.2, 0) is 0 Å². The quantitative estimate of drug-likeness (QED) is 0.655. The van der Waals surface area contributed by atoms with Crippen LogP contribution in [0.3, 0.4) is 0 Å². The fraction of sp³-hybridized carbons (Fsp3) is 0.0556. The van der Waals surface area contributed by atoms with E-state index in [1.54, 1.807) is 7.11 Å². The molecule has 104 valence electrons. The minimum Gasteiger partial charge on any atom is -0.494 e. The molecule has 0 atom stereocenters. The summed E-state index contributed by atoms with van der Waals surface area (Å²) in [5, 5.41) is 0. The van der Waals surface area contributed by atoms with Crippen LogP contribution in [-0.4, -0.2) is 17.9 Å². The summed E-state index contributed by atoms with van der Waals surface area (Å²) in [4.78, 5) is 4.53. The number of benzene rings is 2. The van der Waals surface area contributed by atoms with Gasteiger partial charge in [-0.15, -0.1) is 0 Å². The van der Waals surface area contributed by atoms with Crippen LogP contribution in [0.5, 0.6) is 5.75 Å². The van der Waals surface area contributed by atoms with E-state index in [-0.39, 0.29) is 0 Å². The Hall–Kier alpha value is -2.81. The van der Waals surface area contributed by atoms with Crippen LogP contribution in [0.2, 0.25) is 0 Å². The van der Waals surface area contributed by atoms with Crippen molar-refractivity contribution in [3.63, 3.8) is 0 Å². The zero-order chi connectivity index (χ0) is 14.5. The molecule has 0 spiro atoms. The molecule has 0 saturated carbocycles. The van der Waals surface area contributed by atoms with Gasteiger partial charge in [0.25, 0.3) is 0 Å². The summed E-state index contributed by atoms with van der Waals surface area (Å²) in [5.74, 6) is 0.770. The second-order valence-electron chi connectivity index (χ2n) is 4.57. The first-order valence-corrected chi connectivity index (χ1v) is 6.78. The maximum Gasteiger partial charge on any atom is 0.144 e. The number of aromatic nitrogens is 1. The molecule has 3 rings (SSSR count). The van der Waals surface area contributed by atoms with Crippen molar-refractivity contribution < 1.29 is 4.74 Å². The third kappa shape index (κ3) is 2.87. The number of hydrogen-bond donors (Lipinski definition) is 0. The summed E-state index contributed by atoms with van der Waals surface area (Å²) in [7, 11) is 1.65. The van der Waals surface area contributed by atoms with Gasteiger partial charge in [-0.05, 0) is 36.4 Å². The minimum atomic E-state index is 0.770. The third-order valence-electron chi connectivity index (χ3n) is 3.24. The van der Waals surface area contributed by atoms with Gasteiger partial charge in [-0.1, -0.05) is 30.3 Å². The van der Waals surface area contributed by atoms with Gasteiger partial charge < -0.3 is 9.30 Å². The summed E-state index contributed by atoms with van der Waals surface area (Å²) >= 11 is 0. The first-order chi connectivity index (χ1) is 10.4. The highest BCUT2D eigenvalue weighted by Gasteiger charge is 2.02. The lowest BCUT2D eigenvalue weighted by atomic mass is 10.3. The van der Waals surface area contributed by atoms with Gasteiger partial charge in [-0.2, -0.15) is 0 Å². The van der Waals surface area contributed by atoms with E-state index in [0.29, 0.717) is 0 Å². The molecule has 21 heavy (non-hydrogen) atoms. The van der Waals surface area contributed by atoms with Gasteiger partial charge in [0.05, 0.1) is 19.0 Å². The lowest BCUT2D eigenvalue weighted by Gasteiger charge is -2.06. The van der Waals surface area contributed by atoms with E-state index < -0.39 is 0 Å². The number of ether oxygens (including phenoxy) is 1. The van der Waals surface area contributed by atoms with Crippen molar-refractivity contribution in [1.82, 2.24) is 4.57 Å². The monoisotopic (exact) mass is 276 g/mol. The van der Waals surface area contributed by atoms with Crippen LogP contribution in [0.1, 0.15) is 5.69 Å². The molecule has 0 aliphatic heterocycles. The molecule has 0 unspecified atom stereocenters. The highest BCUT2D eigenvalue weighted by molar-refractivity contribution is 5.82. The van der Waals surface area contributed by atoms with Gasteiger partial charge in [0.1, 0.15) is 11.4 Å². The number of hydrogen-bond acceptors (Lipinski definition) is 2. The van der Waals surface area contributed by atoms with E-state index in [2.05, 4.69) is 21.7 Å². The fourth-order valence-electron chi connectivity index (χ4n) is 2.20. The lowest BCUT2D eigenvalue weighted by molar-refractivity contribution is 0.416. The Bertz CT molecular complexity index is 745. The maximum atomic E-state index is 5.31. The smallest absolute Gasteiger partial charge is 0.144 e. The van der Waals surface area contributed by atoms with Gasteiger partial charge in [0.15, 0.2) is 0 Å². The third-order valence-corrected chi connectivity index (χ3v) is 3.24. The number of nitrogens with zero attached hydrogens (tertiary/aromatic N) is 2. The van der Waals surface area contributed by atoms with Crippen LogP contribution in [0, 0.1) is 0 Å². The molecule has 0 amide bonds. The van der Waals surface area contributed by atoms with Crippen molar-refractivity contribution in [1.29, 1.82) is 0 Å². The van der Waals surface area contributed by atoms with E-state index in [4.69, 9.17) is 4.74 Å². The lowest BCUT2D eigenvalue weighted by Crippen LogP contribution is -1.97. The first kappa shape index (κ1) is 13.2. The van der Waals surface area contributed by atoms with Crippen LogP contribution >= 0.6 is 0 Å². The average molecular weight is 276 g/mol. The Morgan fingerprint density at radius 1 is 0.905 bits per heavy atom. The molecule has 3 aromatic rings. The zero-order valence-electron chi connectivity index (χ0n) is 11.8. The number of para-hydroxylation sites is 3. The van der Waals surface area contributed by atoms with Crippen LogP contribution in [0.25, 0.3) is 5.69 Å². The average Bonchev–Trinajstić information content (AvgIpc) is 3.02. The summed E-state index contributed by atoms with van der Waals surface area (Å²) < 4.78 is 7.41. The predicted molar refractivity (Wildman–Crippen MR) is 86.0 cm³/mol. The summed E-state index contributed by atoms with van der Waals surface area (Å²) in [6.45, 7) is 0. The first-order valence-electron chi connectivity index (χ1n) is 6.78. The molecular formula is C18H16N2O. The highest BCUT2D eigenvalue weighted by atomic mass is 16.5. The van der Waals surface area contributed by atoms with Crippen LogP contribution in [0.15, 0.2) is 77.9 Å². The molecule has 2 aromatic carbocycles. The maximum absolute atomic E-state index is 5.31. The molecule has 0 saturated heterocycles.